The highest BCUT2D eigenvalue weighted by molar-refractivity contribution is 7.88. The number of ether oxygens (including phenoxy) is 1. The van der Waals surface area contributed by atoms with Crippen LogP contribution in [0, 0.1) is 0 Å². The molecule has 1 saturated heterocycles. The van der Waals surface area contributed by atoms with Crippen molar-refractivity contribution in [2.45, 2.75) is 11.4 Å². The minimum atomic E-state index is -6.08. The molecule has 0 aromatic carbocycles. The van der Waals surface area contributed by atoms with Crippen molar-refractivity contribution < 1.29 is 48.9 Å². The fourth-order valence-corrected chi connectivity index (χ4v) is 2.66. The van der Waals surface area contributed by atoms with Crippen LogP contribution in [0.15, 0.2) is 0 Å². The molecule has 1 N–H and O–H groups in total. The van der Waals surface area contributed by atoms with E-state index in [1.807, 2.05) is 0 Å². The number of amides is 3. The molecule has 0 aromatic heterocycles. The number of carbonyl (C=O) groups is 2. The van der Waals surface area contributed by atoms with Gasteiger partial charge in [-0.1, -0.05) is 0 Å². The number of nitrogens with zero attached hydrogens (tertiary/aromatic N) is 2. The normalized spacial score (nSPS) is 18.2. The molecule has 0 saturated carbocycles. The van der Waals surface area contributed by atoms with Gasteiger partial charge in [0.1, 0.15) is 6.61 Å². The standard InChI is InChI=1S/C8H11F3N2O8S2/c1-22(16,17)13-3-2-12(6(13)14)7(15)21-4-5(9)8(10,11)23(18,19)20/h5H,2-4H2,1H3,(H,18,19,20). The summed E-state index contributed by atoms with van der Waals surface area (Å²) < 4.78 is 94.3. The molecular weight excluding hydrogens is 373 g/mol. The number of rotatable bonds is 5. The number of imide groups is 1. The summed E-state index contributed by atoms with van der Waals surface area (Å²) in [5, 5.41) is -5.22. The van der Waals surface area contributed by atoms with Crippen LogP contribution in [0.3, 0.4) is 0 Å². The second-order valence-corrected chi connectivity index (χ2v) is 7.75. The van der Waals surface area contributed by atoms with E-state index < -0.39 is 63.4 Å². The third-order valence-electron chi connectivity index (χ3n) is 2.65. The van der Waals surface area contributed by atoms with Gasteiger partial charge in [-0.25, -0.2) is 31.6 Å². The van der Waals surface area contributed by atoms with E-state index in [9.17, 15) is 39.6 Å². The van der Waals surface area contributed by atoms with E-state index >= 15 is 0 Å². The van der Waals surface area contributed by atoms with Gasteiger partial charge in [0.05, 0.1) is 19.3 Å². The average Bonchev–Trinajstić information content (AvgIpc) is 2.75. The van der Waals surface area contributed by atoms with Crippen LogP contribution in [0.5, 0.6) is 0 Å². The van der Waals surface area contributed by atoms with Gasteiger partial charge in [-0.15, -0.1) is 0 Å². The Bertz CT molecular complexity index is 707. The van der Waals surface area contributed by atoms with E-state index in [1.165, 1.54) is 0 Å². The Kier molecular flexibility index (Phi) is 5.17. The van der Waals surface area contributed by atoms with Crippen molar-refractivity contribution in [1.82, 2.24) is 9.21 Å². The molecule has 3 amide bonds. The van der Waals surface area contributed by atoms with Gasteiger partial charge in [-0.2, -0.15) is 17.2 Å². The number of carbonyl (C=O) groups excluding carboxylic acids is 2. The van der Waals surface area contributed by atoms with Crippen molar-refractivity contribution >= 4 is 32.3 Å². The van der Waals surface area contributed by atoms with Crippen LogP contribution in [0.4, 0.5) is 22.8 Å². The van der Waals surface area contributed by atoms with Gasteiger partial charge in [0.25, 0.3) is 0 Å². The second-order valence-electron chi connectivity index (χ2n) is 4.35. The monoisotopic (exact) mass is 384 g/mol. The zero-order chi connectivity index (χ0) is 18.2. The number of hydrogen-bond donors (Lipinski definition) is 1. The lowest BCUT2D eigenvalue weighted by atomic mass is 10.4. The Morgan fingerprint density at radius 1 is 1.35 bits per heavy atom. The molecule has 15 heteroatoms. The maximum Gasteiger partial charge on any atom is 0.418 e. The maximum atomic E-state index is 13.1. The Morgan fingerprint density at radius 3 is 2.26 bits per heavy atom. The summed E-state index contributed by atoms with van der Waals surface area (Å²) in [5.41, 5.74) is 0. The zero-order valence-electron chi connectivity index (χ0n) is 11.3. The highest BCUT2D eigenvalue weighted by Crippen LogP contribution is 2.27. The summed E-state index contributed by atoms with van der Waals surface area (Å²) in [5.74, 6) is 0. The molecule has 1 heterocycles. The van der Waals surface area contributed by atoms with Crippen LogP contribution in [-0.4, -0.2) is 80.1 Å². The summed E-state index contributed by atoms with van der Waals surface area (Å²) in [7, 11) is -10.0. The molecule has 1 fully saturated rings. The van der Waals surface area contributed by atoms with Crippen LogP contribution in [-0.2, 0) is 24.9 Å². The third kappa shape index (κ3) is 4.03. The number of halogens is 3. The maximum absolute atomic E-state index is 13.1. The van der Waals surface area contributed by atoms with Gasteiger partial charge in [-0.3, -0.25) is 4.55 Å². The Labute approximate surface area is 128 Å². The molecule has 1 unspecified atom stereocenters. The number of hydrogen-bond acceptors (Lipinski definition) is 7. The van der Waals surface area contributed by atoms with Crippen molar-refractivity contribution in [3.8, 4) is 0 Å². The van der Waals surface area contributed by atoms with E-state index in [-0.39, 0.29) is 4.90 Å². The van der Waals surface area contributed by atoms with Crippen LogP contribution < -0.4 is 0 Å². The summed E-state index contributed by atoms with van der Waals surface area (Å²) >= 11 is 0. The minimum absolute atomic E-state index is 0.208. The first-order chi connectivity index (χ1) is 10.2. The van der Waals surface area contributed by atoms with E-state index in [2.05, 4.69) is 4.74 Å². The third-order valence-corrected chi connectivity index (χ3v) is 4.74. The molecule has 1 atom stereocenters. The first-order valence-corrected chi connectivity index (χ1v) is 8.93. The highest BCUT2D eigenvalue weighted by atomic mass is 32.2. The van der Waals surface area contributed by atoms with E-state index in [0.29, 0.717) is 10.6 Å². The van der Waals surface area contributed by atoms with Gasteiger partial charge in [-0.05, 0) is 0 Å². The van der Waals surface area contributed by atoms with Crippen molar-refractivity contribution in [1.29, 1.82) is 0 Å². The Morgan fingerprint density at radius 2 is 1.87 bits per heavy atom. The van der Waals surface area contributed by atoms with Gasteiger partial charge < -0.3 is 4.74 Å². The summed E-state index contributed by atoms with van der Waals surface area (Å²) in [6, 6.07) is -1.32. The molecule has 0 radical (unpaired) electrons. The Hall–Kier alpha value is -1.61. The zero-order valence-corrected chi connectivity index (χ0v) is 13.0. The summed E-state index contributed by atoms with van der Waals surface area (Å²) in [4.78, 5) is 23.2. The first kappa shape index (κ1) is 19.4. The van der Waals surface area contributed by atoms with Crippen molar-refractivity contribution in [2.75, 3.05) is 26.0 Å². The highest BCUT2D eigenvalue weighted by Gasteiger charge is 2.53. The smallest absolute Gasteiger partial charge is 0.418 e. The fraction of sp³-hybridized carbons (Fsp3) is 0.750. The van der Waals surface area contributed by atoms with Gasteiger partial charge in [0.15, 0.2) is 0 Å². The molecule has 0 bridgehead atoms. The van der Waals surface area contributed by atoms with Crippen LogP contribution in [0.25, 0.3) is 0 Å². The lowest BCUT2D eigenvalue weighted by Gasteiger charge is -2.19. The lowest BCUT2D eigenvalue weighted by molar-refractivity contribution is -0.0327. The average molecular weight is 384 g/mol. The minimum Gasteiger partial charge on any atom is -0.446 e. The molecule has 1 aliphatic heterocycles. The van der Waals surface area contributed by atoms with Gasteiger partial charge in [0.2, 0.25) is 16.2 Å². The molecule has 1 rings (SSSR count). The van der Waals surface area contributed by atoms with Crippen molar-refractivity contribution in [3.63, 3.8) is 0 Å². The largest absolute Gasteiger partial charge is 0.446 e. The van der Waals surface area contributed by atoms with Gasteiger partial charge in [0, 0.05) is 0 Å². The number of alkyl halides is 3. The Balaban J connectivity index is 2.71. The van der Waals surface area contributed by atoms with E-state index in [4.69, 9.17) is 4.55 Å². The molecule has 0 aromatic rings. The van der Waals surface area contributed by atoms with E-state index in [0.717, 1.165) is 0 Å². The van der Waals surface area contributed by atoms with Gasteiger partial charge >= 0.3 is 27.5 Å². The molecule has 23 heavy (non-hydrogen) atoms. The second kappa shape index (κ2) is 6.12. The predicted molar refractivity (Wildman–Crippen MR) is 66.4 cm³/mol. The van der Waals surface area contributed by atoms with Crippen LogP contribution >= 0.6 is 0 Å². The summed E-state index contributed by atoms with van der Waals surface area (Å²) in [6.07, 6.45) is -4.55. The van der Waals surface area contributed by atoms with Crippen molar-refractivity contribution in [3.05, 3.63) is 0 Å². The summed E-state index contributed by atoms with van der Waals surface area (Å²) in [6.45, 7) is -2.66. The molecule has 0 spiro atoms. The topological polar surface area (TPSA) is 138 Å². The predicted octanol–water partition coefficient (Wildman–Crippen LogP) is -0.361. The molecule has 10 nitrogen and oxygen atoms in total. The van der Waals surface area contributed by atoms with Crippen LogP contribution in [0.1, 0.15) is 0 Å². The first-order valence-electron chi connectivity index (χ1n) is 5.64. The SMILES string of the molecule is CS(=O)(=O)N1CCN(C(=O)OCC(F)C(F)(F)S(=O)(=O)O)C1=O. The quantitative estimate of drug-likeness (QED) is 0.634. The molecule has 134 valence electrons. The molecule has 1 aliphatic rings. The van der Waals surface area contributed by atoms with Crippen LogP contribution in [0.2, 0.25) is 0 Å². The van der Waals surface area contributed by atoms with E-state index in [1.54, 1.807) is 0 Å². The number of sulfonamides is 1. The number of urea groups is 1. The van der Waals surface area contributed by atoms with Crippen molar-refractivity contribution in [2.24, 2.45) is 0 Å². The molecule has 0 aliphatic carbocycles. The molecular formula is C8H11F3N2O8S2. The fourth-order valence-electron chi connectivity index (χ4n) is 1.47. The lowest BCUT2D eigenvalue weighted by Crippen LogP contribution is -2.43.